The lowest BCUT2D eigenvalue weighted by Gasteiger charge is -1.98. The summed E-state index contributed by atoms with van der Waals surface area (Å²) < 4.78 is 20.2. The van der Waals surface area contributed by atoms with Gasteiger partial charge in [0.05, 0.1) is 12.2 Å². The summed E-state index contributed by atoms with van der Waals surface area (Å²) >= 11 is 0. The fourth-order valence-corrected chi connectivity index (χ4v) is 1.83. The number of aryl methyl sites for hydroxylation is 1. The molecule has 19 heavy (non-hydrogen) atoms. The molecule has 0 saturated heterocycles. The molecule has 5 heteroatoms. The van der Waals surface area contributed by atoms with E-state index in [-0.39, 0.29) is 5.82 Å². The maximum absolute atomic E-state index is 13.6. The molecule has 100 valence electrons. The SMILES string of the molecule is CCOC(=O)c1cc(C)[n+](Cc2ccccc2F)[nH]1. The Morgan fingerprint density at radius 2 is 2.16 bits per heavy atom. The summed E-state index contributed by atoms with van der Waals surface area (Å²) in [5, 5.41) is 2.92. The third kappa shape index (κ3) is 2.99. The molecule has 0 aliphatic rings. The highest BCUT2D eigenvalue weighted by atomic mass is 19.1. The number of hydrogen-bond acceptors (Lipinski definition) is 2. The molecule has 2 aromatic rings. The lowest BCUT2D eigenvalue weighted by molar-refractivity contribution is -0.747. The van der Waals surface area contributed by atoms with Gasteiger partial charge in [0, 0.05) is 13.0 Å². The van der Waals surface area contributed by atoms with Crippen molar-refractivity contribution in [2.24, 2.45) is 0 Å². The Morgan fingerprint density at radius 3 is 2.84 bits per heavy atom. The maximum Gasteiger partial charge on any atom is 0.360 e. The molecule has 4 nitrogen and oxygen atoms in total. The summed E-state index contributed by atoms with van der Waals surface area (Å²) in [5.74, 6) is -0.667. The topological polar surface area (TPSA) is 46.0 Å². The number of rotatable bonds is 4. The van der Waals surface area contributed by atoms with Crippen LogP contribution in [0.5, 0.6) is 0 Å². The first kappa shape index (κ1) is 13.3. The number of hydrogen-bond donors (Lipinski definition) is 1. The van der Waals surface area contributed by atoms with Crippen LogP contribution in [-0.2, 0) is 11.3 Å². The Morgan fingerprint density at radius 1 is 1.42 bits per heavy atom. The Kier molecular flexibility index (Phi) is 3.94. The molecule has 0 fully saturated rings. The minimum atomic E-state index is -0.405. The first-order chi connectivity index (χ1) is 9.11. The number of nitrogens with zero attached hydrogens (tertiary/aromatic N) is 1. The summed E-state index contributed by atoms with van der Waals surface area (Å²) in [6.45, 7) is 4.27. The molecular formula is C14H16FN2O2+. The average molecular weight is 263 g/mol. The van der Waals surface area contributed by atoms with Gasteiger partial charge in [0.2, 0.25) is 5.69 Å². The van der Waals surface area contributed by atoms with Crippen molar-refractivity contribution >= 4 is 5.97 Å². The van der Waals surface area contributed by atoms with Crippen LogP contribution < -0.4 is 4.68 Å². The molecule has 0 saturated carbocycles. The van der Waals surface area contributed by atoms with Gasteiger partial charge < -0.3 is 4.74 Å². The van der Waals surface area contributed by atoms with Crippen LogP contribution in [0.3, 0.4) is 0 Å². The molecule has 0 radical (unpaired) electrons. The number of benzene rings is 1. The van der Waals surface area contributed by atoms with E-state index in [1.165, 1.54) is 6.07 Å². The molecule has 0 spiro atoms. The normalized spacial score (nSPS) is 10.5. The van der Waals surface area contributed by atoms with Gasteiger partial charge in [-0.05, 0) is 19.1 Å². The van der Waals surface area contributed by atoms with Gasteiger partial charge in [0.1, 0.15) is 5.82 Å². The first-order valence-corrected chi connectivity index (χ1v) is 6.11. The average Bonchev–Trinajstić information content (AvgIpc) is 2.74. The smallest absolute Gasteiger partial charge is 0.360 e. The minimum absolute atomic E-state index is 0.262. The van der Waals surface area contributed by atoms with Gasteiger partial charge in [0.25, 0.3) is 0 Å². The Bertz CT molecular complexity index is 593. The van der Waals surface area contributed by atoms with E-state index in [2.05, 4.69) is 5.10 Å². The predicted molar refractivity (Wildman–Crippen MR) is 67.2 cm³/mol. The maximum atomic E-state index is 13.6. The molecule has 0 aliphatic heterocycles. The van der Waals surface area contributed by atoms with Crippen LogP contribution in [0.4, 0.5) is 4.39 Å². The van der Waals surface area contributed by atoms with Gasteiger partial charge in [-0.25, -0.2) is 9.18 Å². The van der Waals surface area contributed by atoms with Crippen molar-refractivity contribution in [1.29, 1.82) is 0 Å². The highest BCUT2D eigenvalue weighted by Crippen LogP contribution is 2.07. The number of halogens is 1. The summed E-state index contributed by atoms with van der Waals surface area (Å²) in [6, 6.07) is 8.25. The fraction of sp³-hybridized carbons (Fsp3) is 0.286. The number of carbonyl (C=O) groups is 1. The quantitative estimate of drug-likeness (QED) is 0.677. The van der Waals surface area contributed by atoms with Crippen molar-refractivity contribution in [3.8, 4) is 0 Å². The van der Waals surface area contributed by atoms with Gasteiger partial charge >= 0.3 is 5.97 Å². The van der Waals surface area contributed by atoms with Crippen molar-refractivity contribution in [2.75, 3.05) is 6.61 Å². The molecule has 1 aromatic heterocycles. The zero-order valence-corrected chi connectivity index (χ0v) is 10.9. The minimum Gasteiger partial charge on any atom is -0.461 e. The van der Waals surface area contributed by atoms with E-state index in [4.69, 9.17) is 4.74 Å². The predicted octanol–water partition coefficient (Wildman–Crippen LogP) is 1.97. The molecule has 0 amide bonds. The summed E-state index contributed by atoms with van der Waals surface area (Å²) in [5.41, 5.74) is 1.77. The number of carbonyl (C=O) groups excluding carboxylic acids is 1. The monoisotopic (exact) mass is 263 g/mol. The standard InChI is InChI=1S/C14H15FN2O2/c1-3-19-14(18)13-8-10(2)17(16-13)9-11-6-4-5-7-12(11)15/h4-8H,3,9H2,1-2H3/p+1. The Hall–Kier alpha value is -2.17. The van der Waals surface area contributed by atoms with E-state index in [1.807, 2.05) is 6.92 Å². The summed E-state index contributed by atoms with van der Waals surface area (Å²) in [4.78, 5) is 11.6. The number of H-pyrrole nitrogens is 1. The van der Waals surface area contributed by atoms with Gasteiger partial charge in [0.15, 0.2) is 12.2 Å². The first-order valence-electron chi connectivity index (χ1n) is 6.11. The van der Waals surface area contributed by atoms with Gasteiger partial charge in [-0.1, -0.05) is 12.1 Å². The second-order valence-corrected chi connectivity index (χ2v) is 4.21. The molecule has 0 unspecified atom stereocenters. The summed E-state index contributed by atoms with van der Waals surface area (Å²) in [6.07, 6.45) is 0. The van der Waals surface area contributed by atoms with Gasteiger partial charge in [-0.3, -0.25) is 0 Å². The molecule has 1 heterocycles. The second kappa shape index (κ2) is 5.65. The zero-order chi connectivity index (χ0) is 13.8. The van der Waals surface area contributed by atoms with Crippen LogP contribution in [0.15, 0.2) is 30.3 Å². The number of aromatic nitrogens is 2. The molecule has 0 atom stereocenters. The van der Waals surface area contributed by atoms with E-state index >= 15 is 0 Å². The fourth-order valence-electron chi connectivity index (χ4n) is 1.83. The third-order valence-electron chi connectivity index (χ3n) is 2.82. The number of esters is 1. The largest absolute Gasteiger partial charge is 0.461 e. The van der Waals surface area contributed by atoms with E-state index in [9.17, 15) is 9.18 Å². The van der Waals surface area contributed by atoms with Crippen molar-refractivity contribution < 1.29 is 18.6 Å². The van der Waals surface area contributed by atoms with Crippen LogP contribution >= 0.6 is 0 Å². The van der Waals surface area contributed by atoms with Gasteiger partial charge in [-0.15, -0.1) is 4.68 Å². The van der Waals surface area contributed by atoms with E-state index in [0.717, 1.165) is 5.69 Å². The highest BCUT2D eigenvalue weighted by molar-refractivity contribution is 5.86. The lowest BCUT2D eigenvalue weighted by Crippen LogP contribution is -2.39. The van der Waals surface area contributed by atoms with Crippen molar-refractivity contribution in [1.82, 2.24) is 5.10 Å². The molecule has 1 N–H and O–H groups in total. The second-order valence-electron chi connectivity index (χ2n) is 4.21. The molecule has 2 rings (SSSR count). The van der Waals surface area contributed by atoms with Crippen LogP contribution in [-0.4, -0.2) is 17.7 Å². The van der Waals surface area contributed by atoms with Crippen molar-refractivity contribution in [3.05, 3.63) is 53.1 Å². The van der Waals surface area contributed by atoms with Crippen LogP contribution in [0, 0.1) is 12.7 Å². The lowest BCUT2D eigenvalue weighted by atomic mass is 10.2. The Balaban J connectivity index is 2.22. The van der Waals surface area contributed by atoms with Crippen LogP contribution in [0.25, 0.3) is 0 Å². The summed E-state index contributed by atoms with van der Waals surface area (Å²) in [7, 11) is 0. The number of aromatic amines is 1. The molecule has 0 bridgehead atoms. The molecular weight excluding hydrogens is 247 g/mol. The Labute approximate surface area is 110 Å². The van der Waals surface area contributed by atoms with Crippen LogP contribution in [0.1, 0.15) is 28.7 Å². The third-order valence-corrected chi connectivity index (χ3v) is 2.82. The molecule has 1 aromatic carbocycles. The van der Waals surface area contributed by atoms with Crippen LogP contribution in [0.2, 0.25) is 0 Å². The van der Waals surface area contributed by atoms with E-state index in [1.54, 1.807) is 35.9 Å². The van der Waals surface area contributed by atoms with Crippen molar-refractivity contribution in [3.63, 3.8) is 0 Å². The number of nitrogens with one attached hydrogen (secondary N) is 1. The van der Waals surface area contributed by atoms with Gasteiger partial charge in [-0.2, -0.15) is 5.10 Å². The van der Waals surface area contributed by atoms with E-state index < -0.39 is 5.97 Å². The van der Waals surface area contributed by atoms with E-state index in [0.29, 0.717) is 24.4 Å². The molecule has 0 aliphatic carbocycles. The number of ether oxygens (including phenoxy) is 1. The zero-order valence-electron chi connectivity index (χ0n) is 10.9. The highest BCUT2D eigenvalue weighted by Gasteiger charge is 2.19. The van der Waals surface area contributed by atoms with Crippen molar-refractivity contribution in [2.45, 2.75) is 20.4 Å².